The molecule has 0 amide bonds. The summed E-state index contributed by atoms with van der Waals surface area (Å²) in [6, 6.07) is 4.91. The number of thioether (sulfide) groups is 1. The molecule has 5 heteroatoms. The summed E-state index contributed by atoms with van der Waals surface area (Å²) in [4.78, 5) is 12.1. The van der Waals surface area contributed by atoms with E-state index in [0.29, 0.717) is 15.6 Å². The molecule has 1 fully saturated rings. The van der Waals surface area contributed by atoms with Gasteiger partial charge in [0.15, 0.2) is 5.78 Å². The summed E-state index contributed by atoms with van der Waals surface area (Å²) in [5.41, 5.74) is 0.620. The second-order valence-electron chi connectivity index (χ2n) is 3.57. The molecule has 2 rings (SSSR count). The summed E-state index contributed by atoms with van der Waals surface area (Å²) >= 11 is 13.5. The minimum absolute atomic E-state index is 0.0887. The molecule has 0 aromatic heterocycles. The Labute approximate surface area is 109 Å². The number of carbonyl (C=O) groups is 1. The first kappa shape index (κ1) is 12.2. The fourth-order valence-corrected chi connectivity index (χ4v) is 2.82. The molecule has 1 saturated heterocycles. The Morgan fingerprint density at radius 1 is 1.38 bits per heavy atom. The van der Waals surface area contributed by atoms with Gasteiger partial charge in [-0.1, -0.05) is 23.2 Å². The van der Waals surface area contributed by atoms with Crippen LogP contribution in [0.1, 0.15) is 10.4 Å². The fourth-order valence-electron chi connectivity index (χ4n) is 1.58. The Morgan fingerprint density at radius 3 is 2.81 bits per heavy atom. The second kappa shape index (κ2) is 5.41. The summed E-state index contributed by atoms with van der Waals surface area (Å²) in [7, 11) is 0. The van der Waals surface area contributed by atoms with Crippen molar-refractivity contribution in [2.24, 2.45) is 0 Å². The molecule has 1 aromatic rings. The van der Waals surface area contributed by atoms with Gasteiger partial charge in [0, 0.05) is 23.6 Å². The number of halogens is 2. The first-order valence-corrected chi connectivity index (χ1v) is 6.90. The van der Waals surface area contributed by atoms with Crippen molar-refractivity contribution < 1.29 is 4.79 Å². The first-order valence-electron chi connectivity index (χ1n) is 4.99. The Morgan fingerprint density at radius 2 is 2.19 bits per heavy atom. The zero-order chi connectivity index (χ0) is 11.5. The molecule has 0 aliphatic carbocycles. The van der Waals surface area contributed by atoms with Gasteiger partial charge >= 0.3 is 0 Å². The van der Waals surface area contributed by atoms with Crippen molar-refractivity contribution in [3.05, 3.63) is 33.8 Å². The van der Waals surface area contributed by atoms with Crippen LogP contribution in [0.3, 0.4) is 0 Å². The van der Waals surface area contributed by atoms with E-state index in [1.54, 1.807) is 30.0 Å². The highest BCUT2D eigenvalue weighted by Gasteiger charge is 2.22. The van der Waals surface area contributed by atoms with Crippen LogP contribution in [0.25, 0.3) is 0 Å². The van der Waals surface area contributed by atoms with Crippen molar-refractivity contribution in [1.82, 2.24) is 5.32 Å². The van der Waals surface area contributed by atoms with Crippen molar-refractivity contribution >= 4 is 40.7 Å². The van der Waals surface area contributed by atoms with Crippen molar-refractivity contribution in [2.75, 3.05) is 18.1 Å². The second-order valence-corrected chi connectivity index (χ2v) is 5.54. The molecule has 0 radical (unpaired) electrons. The van der Waals surface area contributed by atoms with Crippen molar-refractivity contribution in [3.63, 3.8) is 0 Å². The van der Waals surface area contributed by atoms with Crippen LogP contribution < -0.4 is 5.32 Å². The number of hydrogen-bond donors (Lipinski definition) is 1. The van der Waals surface area contributed by atoms with Crippen molar-refractivity contribution in [2.45, 2.75) is 6.04 Å². The van der Waals surface area contributed by atoms with Gasteiger partial charge in [-0.2, -0.15) is 11.8 Å². The first-order chi connectivity index (χ1) is 7.68. The van der Waals surface area contributed by atoms with Gasteiger partial charge in [0.05, 0.1) is 16.1 Å². The van der Waals surface area contributed by atoms with Gasteiger partial charge in [-0.3, -0.25) is 4.79 Å². The lowest BCUT2D eigenvalue weighted by Gasteiger charge is -2.21. The van der Waals surface area contributed by atoms with Gasteiger partial charge in [-0.25, -0.2) is 0 Å². The highest BCUT2D eigenvalue weighted by Crippen LogP contribution is 2.23. The van der Waals surface area contributed by atoms with Crippen LogP contribution in [0.5, 0.6) is 0 Å². The van der Waals surface area contributed by atoms with E-state index in [4.69, 9.17) is 23.2 Å². The van der Waals surface area contributed by atoms with Crippen LogP contribution in [-0.4, -0.2) is 29.9 Å². The molecular weight excluding hydrogens is 265 g/mol. The molecule has 1 atom stereocenters. The van der Waals surface area contributed by atoms with Gasteiger partial charge < -0.3 is 5.32 Å². The number of nitrogens with one attached hydrogen (secondary N) is 1. The van der Waals surface area contributed by atoms with Crippen LogP contribution in [0.15, 0.2) is 18.2 Å². The van der Waals surface area contributed by atoms with Crippen molar-refractivity contribution in [1.29, 1.82) is 0 Å². The number of Topliss-reactive ketones (excluding diaryl/α,β-unsaturated/α-hetero) is 1. The molecule has 1 aliphatic heterocycles. The molecular formula is C11H11Cl2NOS. The normalized spacial score (nSPS) is 20.8. The molecule has 16 heavy (non-hydrogen) atoms. The predicted molar refractivity (Wildman–Crippen MR) is 69.9 cm³/mol. The highest BCUT2D eigenvalue weighted by atomic mass is 35.5. The monoisotopic (exact) mass is 275 g/mol. The van der Waals surface area contributed by atoms with E-state index < -0.39 is 0 Å². The fraction of sp³-hybridized carbons (Fsp3) is 0.364. The molecule has 1 aliphatic rings. The standard InChI is InChI=1S/C11H11Cl2NOS/c12-8-2-1-7(5-9(8)13)11(15)10-6-16-4-3-14-10/h1-2,5,10,14H,3-4,6H2. The van der Waals surface area contributed by atoms with E-state index in [-0.39, 0.29) is 11.8 Å². The molecule has 1 N–H and O–H groups in total. The van der Waals surface area contributed by atoms with Crippen LogP contribution in [0.2, 0.25) is 10.0 Å². The van der Waals surface area contributed by atoms with Crippen LogP contribution >= 0.6 is 35.0 Å². The quantitative estimate of drug-likeness (QED) is 0.842. The lowest BCUT2D eigenvalue weighted by Crippen LogP contribution is -2.43. The number of carbonyl (C=O) groups excluding carboxylic acids is 1. The Bertz CT molecular complexity index is 405. The molecule has 0 bridgehead atoms. The highest BCUT2D eigenvalue weighted by molar-refractivity contribution is 7.99. The minimum Gasteiger partial charge on any atom is -0.306 e. The predicted octanol–water partition coefficient (Wildman–Crippen LogP) is 2.88. The Hall–Kier alpha value is -0.220. The van der Waals surface area contributed by atoms with Crippen molar-refractivity contribution in [3.8, 4) is 0 Å². The third-order valence-electron chi connectivity index (χ3n) is 2.44. The van der Waals surface area contributed by atoms with Gasteiger partial charge in [-0.05, 0) is 18.2 Å². The smallest absolute Gasteiger partial charge is 0.180 e. The zero-order valence-corrected chi connectivity index (χ0v) is 10.8. The molecule has 1 heterocycles. The van der Waals surface area contributed by atoms with E-state index in [1.807, 2.05) is 0 Å². The Balaban J connectivity index is 2.16. The van der Waals surface area contributed by atoms with E-state index >= 15 is 0 Å². The average molecular weight is 276 g/mol. The third-order valence-corrected chi connectivity index (χ3v) is 4.24. The summed E-state index contributed by atoms with van der Waals surface area (Å²) in [5.74, 6) is 1.97. The van der Waals surface area contributed by atoms with E-state index in [9.17, 15) is 4.79 Å². The van der Waals surface area contributed by atoms with Crippen LogP contribution in [-0.2, 0) is 0 Å². The van der Waals surface area contributed by atoms with Crippen LogP contribution in [0, 0.1) is 0 Å². The summed E-state index contributed by atoms with van der Waals surface area (Å²) in [5, 5.41) is 4.11. The van der Waals surface area contributed by atoms with Gasteiger partial charge in [0.1, 0.15) is 0 Å². The number of ketones is 1. The Kier molecular flexibility index (Phi) is 4.14. The molecule has 0 spiro atoms. The lowest BCUT2D eigenvalue weighted by molar-refractivity contribution is 0.0953. The third kappa shape index (κ3) is 2.72. The molecule has 86 valence electrons. The summed E-state index contributed by atoms with van der Waals surface area (Å²) in [6.45, 7) is 0.877. The molecule has 0 saturated carbocycles. The number of rotatable bonds is 2. The molecule has 1 unspecified atom stereocenters. The van der Waals surface area contributed by atoms with E-state index in [2.05, 4.69) is 5.32 Å². The minimum atomic E-state index is -0.101. The topological polar surface area (TPSA) is 29.1 Å². The van der Waals surface area contributed by atoms with E-state index in [0.717, 1.165) is 18.1 Å². The number of benzene rings is 1. The average Bonchev–Trinajstić information content (AvgIpc) is 2.33. The van der Waals surface area contributed by atoms with Gasteiger partial charge in [0.25, 0.3) is 0 Å². The summed E-state index contributed by atoms with van der Waals surface area (Å²) in [6.07, 6.45) is 0. The summed E-state index contributed by atoms with van der Waals surface area (Å²) < 4.78 is 0. The van der Waals surface area contributed by atoms with Gasteiger partial charge in [0.2, 0.25) is 0 Å². The maximum atomic E-state index is 12.1. The largest absolute Gasteiger partial charge is 0.306 e. The zero-order valence-electron chi connectivity index (χ0n) is 8.50. The maximum absolute atomic E-state index is 12.1. The maximum Gasteiger partial charge on any atom is 0.180 e. The lowest BCUT2D eigenvalue weighted by atomic mass is 10.1. The van der Waals surface area contributed by atoms with Crippen LogP contribution in [0.4, 0.5) is 0 Å². The molecule has 1 aromatic carbocycles. The van der Waals surface area contributed by atoms with Gasteiger partial charge in [-0.15, -0.1) is 0 Å². The van der Waals surface area contributed by atoms with E-state index in [1.165, 1.54) is 0 Å². The number of hydrogen-bond acceptors (Lipinski definition) is 3. The SMILES string of the molecule is O=C(c1ccc(Cl)c(Cl)c1)C1CSCCN1. The molecule has 2 nitrogen and oxygen atoms in total.